The van der Waals surface area contributed by atoms with Crippen molar-refractivity contribution in [2.45, 2.75) is 5.16 Å². The van der Waals surface area contributed by atoms with Crippen LogP contribution >= 0.6 is 23.4 Å². The number of nitrogens with one attached hydrogen (secondary N) is 3. The van der Waals surface area contributed by atoms with E-state index in [1.54, 1.807) is 30.3 Å². The number of fused-ring (bicyclic) bond motifs is 1. The highest BCUT2D eigenvalue weighted by Gasteiger charge is 2.11. The predicted molar refractivity (Wildman–Crippen MR) is 139 cm³/mol. The summed E-state index contributed by atoms with van der Waals surface area (Å²) in [7, 11) is 0. The van der Waals surface area contributed by atoms with Gasteiger partial charge in [-0.2, -0.15) is 0 Å². The minimum atomic E-state index is -0.324. The van der Waals surface area contributed by atoms with E-state index in [0.29, 0.717) is 27.4 Å². The van der Waals surface area contributed by atoms with Crippen LogP contribution < -0.4 is 16.0 Å². The first-order valence-electron chi connectivity index (χ1n) is 10.3. The second-order valence-corrected chi connectivity index (χ2v) is 8.50. The first kappa shape index (κ1) is 23.3. The topological polar surface area (TPSA) is 96.0 Å². The second-order valence-electron chi connectivity index (χ2n) is 7.12. The molecular formula is C25H20ClN5O2S. The van der Waals surface area contributed by atoms with E-state index in [-0.39, 0.29) is 17.6 Å². The Kier molecular flexibility index (Phi) is 7.41. The lowest BCUT2D eigenvalue weighted by molar-refractivity contribution is -0.114. The van der Waals surface area contributed by atoms with Crippen molar-refractivity contribution >= 4 is 69.0 Å². The molecule has 0 aliphatic carbocycles. The number of anilines is 4. The molecule has 0 saturated heterocycles. The molecule has 0 fully saturated rings. The average Bonchev–Trinajstić information content (AvgIpc) is 2.83. The van der Waals surface area contributed by atoms with Crippen LogP contribution in [-0.2, 0) is 9.59 Å². The number of carbonyl (C=O) groups excluding carboxylic acids is 2. The molecule has 0 aliphatic heterocycles. The molecule has 170 valence electrons. The van der Waals surface area contributed by atoms with Crippen LogP contribution in [0.1, 0.15) is 0 Å². The van der Waals surface area contributed by atoms with Gasteiger partial charge in [-0.1, -0.05) is 54.2 Å². The maximum Gasteiger partial charge on any atom is 0.247 e. The molecule has 9 heteroatoms. The summed E-state index contributed by atoms with van der Waals surface area (Å²) in [4.78, 5) is 33.2. The van der Waals surface area contributed by atoms with Gasteiger partial charge in [-0.3, -0.25) is 9.59 Å². The molecule has 3 aromatic carbocycles. The van der Waals surface area contributed by atoms with Crippen molar-refractivity contribution in [3.63, 3.8) is 0 Å². The molecule has 1 aromatic heterocycles. The Morgan fingerprint density at radius 2 is 1.65 bits per heavy atom. The van der Waals surface area contributed by atoms with Crippen molar-refractivity contribution in [3.05, 3.63) is 90.5 Å². The lowest BCUT2D eigenvalue weighted by Crippen LogP contribution is -2.15. The van der Waals surface area contributed by atoms with E-state index in [1.807, 2.05) is 42.5 Å². The van der Waals surface area contributed by atoms with Crippen molar-refractivity contribution in [2.24, 2.45) is 0 Å². The fourth-order valence-electron chi connectivity index (χ4n) is 3.11. The van der Waals surface area contributed by atoms with Crippen LogP contribution in [0.2, 0.25) is 5.02 Å². The van der Waals surface area contributed by atoms with E-state index in [9.17, 15) is 9.59 Å². The number of carbonyl (C=O) groups is 2. The predicted octanol–water partition coefficient (Wildman–Crippen LogP) is 5.88. The summed E-state index contributed by atoms with van der Waals surface area (Å²) >= 11 is 7.33. The number of para-hydroxylation sites is 1. The standard InChI is InChI=1S/C25H20ClN5O2S/c1-2-22(32)27-18-9-6-10-19(14-18)28-23(33)15-34-25-30-21-12-4-3-11-20(21)24(31-25)29-17-8-5-7-16(26)13-17/h2-14H,1,15H2,(H,27,32)(H,28,33)(H,29,30,31). The number of hydrogen-bond donors (Lipinski definition) is 3. The molecule has 0 bridgehead atoms. The number of hydrogen-bond acceptors (Lipinski definition) is 6. The van der Waals surface area contributed by atoms with Crippen molar-refractivity contribution in [3.8, 4) is 0 Å². The van der Waals surface area contributed by atoms with E-state index in [1.165, 1.54) is 17.8 Å². The van der Waals surface area contributed by atoms with Gasteiger partial charge in [-0.25, -0.2) is 9.97 Å². The average molecular weight is 490 g/mol. The van der Waals surface area contributed by atoms with Crippen LogP contribution in [0, 0.1) is 0 Å². The minimum absolute atomic E-state index is 0.109. The first-order chi connectivity index (χ1) is 16.5. The number of benzene rings is 3. The molecule has 7 nitrogen and oxygen atoms in total. The Hall–Kier alpha value is -3.88. The van der Waals surface area contributed by atoms with Gasteiger partial charge in [0, 0.05) is 27.5 Å². The highest BCUT2D eigenvalue weighted by Crippen LogP contribution is 2.28. The highest BCUT2D eigenvalue weighted by molar-refractivity contribution is 7.99. The van der Waals surface area contributed by atoms with E-state index in [4.69, 9.17) is 11.6 Å². The largest absolute Gasteiger partial charge is 0.340 e. The van der Waals surface area contributed by atoms with Crippen molar-refractivity contribution in [1.82, 2.24) is 9.97 Å². The molecule has 0 saturated carbocycles. The molecule has 3 N–H and O–H groups in total. The minimum Gasteiger partial charge on any atom is -0.340 e. The maximum absolute atomic E-state index is 12.5. The van der Waals surface area contributed by atoms with Gasteiger partial charge < -0.3 is 16.0 Å². The van der Waals surface area contributed by atoms with Gasteiger partial charge in [0.2, 0.25) is 11.8 Å². The Morgan fingerprint density at radius 3 is 2.44 bits per heavy atom. The number of rotatable bonds is 8. The summed E-state index contributed by atoms with van der Waals surface area (Å²) in [6.07, 6.45) is 1.18. The van der Waals surface area contributed by atoms with Crippen LogP contribution in [0.25, 0.3) is 10.9 Å². The Morgan fingerprint density at radius 1 is 0.912 bits per heavy atom. The maximum atomic E-state index is 12.5. The molecule has 0 spiro atoms. The van der Waals surface area contributed by atoms with E-state index < -0.39 is 0 Å². The quantitative estimate of drug-likeness (QED) is 0.162. The molecule has 0 radical (unpaired) electrons. The van der Waals surface area contributed by atoms with Crippen LogP contribution in [-0.4, -0.2) is 27.5 Å². The number of amides is 2. The van der Waals surface area contributed by atoms with E-state index >= 15 is 0 Å². The van der Waals surface area contributed by atoms with Crippen LogP contribution in [0.3, 0.4) is 0 Å². The summed E-state index contributed by atoms with van der Waals surface area (Å²) < 4.78 is 0. The highest BCUT2D eigenvalue weighted by atomic mass is 35.5. The van der Waals surface area contributed by atoms with Crippen LogP contribution in [0.4, 0.5) is 22.9 Å². The van der Waals surface area contributed by atoms with Gasteiger partial charge in [0.05, 0.1) is 11.3 Å². The first-order valence-corrected chi connectivity index (χ1v) is 11.6. The molecule has 4 aromatic rings. The normalized spacial score (nSPS) is 10.5. The number of thioether (sulfide) groups is 1. The molecule has 0 atom stereocenters. The third-order valence-corrected chi connectivity index (χ3v) is 5.68. The smallest absolute Gasteiger partial charge is 0.247 e. The third-order valence-electron chi connectivity index (χ3n) is 4.60. The summed E-state index contributed by atoms with van der Waals surface area (Å²) in [5, 5.41) is 10.7. The second kappa shape index (κ2) is 10.8. The summed E-state index contributed by atoms with van der Waals surface area (Å²) in [5.74, 6) is 0.187. The number of halogens is 1. The number of nitrogens with zero attached hydrogens (tertiary/aromatic N) is 2. The lowest BCUT2D eigenvalue weighted by atomic mass is 10.2. The van der Waals surface area contributed by atoms with Gasteiger partial charge in [0.15, 0.2) is 5.16 Å². The molecule has 2 amide bonds. The zero-order valence-corrected chi connectivity index (χ0v) is 19.5. The zero-order valence-electron chi connectivity index (χ0n) is 17.9. The van der Waals surface area contributed by atoms with Gasteiger partial charge in [0.1, 0.15) is 5.82 Å². The molecule has 0 unspecified atom stereocenters. The van der Waals surface area contributed by atoms with Crippen LogP contribution in [0.5, 0.6) is 0 Å². The third kappa shape index (κ3) is 6.12. The number of aromatic nitrogens is 2. The van der Waals surface area contributed by atoms with Gasteiger partial charge in [-0.05, 0) is 54.6 Å². The zero-order chi connectivity index (χ0) is 23.9. The van der Waals surface area contributed by atoms with Gasteiger partial charge >= 0.3 is 0 Å². The molecule has 34 heavy (non-hydrogen) atoms. The van der Waals surface area contributed by atoms with Gasteiger partial charge in [-0.15, -0.1) is 0 Å². The fraction of sp³-hybridized carbons (Fsp3) is 0.0400. The molecule has 0 aliphatic rings. The van der Waals surface area contributed by atoms with Crippen LogP contribution in [0.15, 0.2) is 90.6 Å². The Labute approximate surface area is 205 Å². The lowest BCUT2D eigenvalue weighted by Gasteiger charge is -2.11. The van der Waals surface area contributed by atoms with Crippen molar-refractivity contribution in [2.75, 3.05) is 21.7 Å². The van der Waals surface area contributed by atoms with Crippen molar-refractivity contribution in [1.29, 1.82) is 0 Å². The molecule has 4 rings (SSSR count). The van der Waals surface area contributed by atoms with Crippen molar-refractivity contribution < 1.29 is 9.59 Å². The Bertz CT molecular complexity index is 1380. The summed E-state index contributed by atoms with van der Waals surface area (Å²) in [5.41, 5.74) is 2.68. The summed E-state index contributed by atoms with van der Waals surface area (Å²) in [6.45, 7) is 3.43. The Balaban J connectivity index is 1.47. The SMILES string of the molecule is C=CC(=O)Nc1cccc(NC(=O)CSc2nc(Nc3cccc(Cl)c3)c3ccccc3n2)c1. The van der Waals surface area contributed by atoms with E-state index in [0.717, 1.165) is 16.6 Å². The summed E-state index contributed by atoms with van der Waals surface area (Å²) in [6, 6.07) is 21.9. The van der Waals surface area contributed by atoms with E-state index in [2.05, 4.69) is 32.5 Å². The molecular weight excluding hydrogens is 470 g/mol. The van der Waals surface area contributed by atoms with Gasteiger partial charge in [0.25, 0.3) is 0 Å². The molecule has 1 heterocycles. The monoisotopic (exact) mass is 489 g/mol. The fourth-order valence-corrected chi connectivity index (χ4v) is 3.95.